The molecular formula is C44H68Cl2N2O6Pt. The largest absolute Gasteiger partial charge is 0.693 e. The topological polar surface area (TPSA) is 166 Å². The first-order chi connectivity index (χ1) is 25.4. The zero-order valence-electron chi connectivity index (χ0n) is 33.9. The molecule has 0 amide bonds. The van der Waals surface area contributed by atoms with Gasteiger partial charge in [-0.1, -0.05) is 87.1 Å². The predicted octanol–water partition coefficient (Wildman–Crippen LogP) is 13.7. The molecule has 2 aliphatic carbocycles. The van der Waals surface area contributed by atoms with Crippen LogP contribution in [-0.2, 0) is 29.3 Å². The summed E-state index contributed by atoms with van der Waals surface area (Å²) in [6, 6.07) is 7.69. The van der Waals surface area contributed by atoms with Gasteiger partial charge in [0, 0.05) is 23.0 Å². The van der Waals surface area contributed by atoms with Crippen molar-refractivity contribution in [2.24, 2.45) is 11.8 Å². The number of aliphatic hydroxyl groups is 2. The predicted molar refractivity (Wildman–Crippen MR) is 228 cm³/mol. The van der Waals surface area contributed by atoms with Gasteiger partial charge in [-0.25, -0.2) is 0 Å². The molecule has 11 heteroatoms. The summed E-state index contributed by atoms with van der Waals surface area (Å²) in [5.74, 6) is 2.35. The molecule has 2 aromatic carbocycles. The molecule has 0 spiro atoms. The number of hydrogen-bond acceptors (Lipinski definition) is 6. The van der Waals surface area contributed by atoms with E-state index in [1.807, 2.05) is 24.3 Å². The van der Waals surface area contributed by atoms with E-state index in [1.165, 1.54) is 24.0 Å². The SMILES string of the molecule is C=C(C)C1CCC(C)=CC1c1c(O)cc(CCCCC)cc1OCO.C=C(C)C1CCC(C)=CC1c1c(O)cc(CCCCC)cc1OCO.[Cl][Pt+2][Cl].[NH2-].[NH2-]. The van der Waals surface area contributed by atoms with Gasteiger partial charge in [-0.2, -0.15) is 0 Å². The Balaban J connectivity index is 0.000000957. The molecule has 0 fully saturated rings. The Morgan fingerprint density at radius 3 is 1.33 bits per heavy atom. The van der Waals surface area contributed by atoms with Crippen LogP contribution in [0.3, 0.4) is 0 Å². The van der Waals surface area contributed by atoms with E-state index in [1.54, 1.807) is 0 Å². The molecule has 0 radical (unpaired) electrons. The van der Waals surface area contributed by atoms with Crippen molar-refractivity contribution >= 4 is 18.8 Å². The Morgan fingerprint density at radius 1 is 0.691 bits per heavy atom. The van der Waals surface area contributed by atoms with Crippen molar-refractivity contribution < 1.29 is 46.4 Å². The molecule has 314 valence electrons. The zero-order chi connectivity index (χ0) is 39.5. The third kappa shape index (κ3) is 16.6. The number of benzene rings is 2. The second-order valence-corrected chi connectivity index (χ2v) is 17.9. The molecule has 8 nitrogen and oxygen atoms in total. The van der Waals surface area contributed by atoms with Gasteiger partial charge in [-0.15, -0.1) is 0 Å². The number of phenolic OH excluding ortho intramolecular Hbond substituents is 2. The first-order valence-corrected chi connectivity index (χ1v) is 24.7. The molecule has 55 heavy (non-hydrogen) atoms. The summed E-state index contributed by atoms with van der Waals surface area (Å²) in [7, 11) is 9.75. The quantitative estimate of drug-likeness (QED) is 0.0742. The van der Waals surface area contributed by atoms with Crippen LogP contribution in [0.15, 0.2) is 71.9 Å². The van der Waals surface area contributed by atoms with E-state index < -0.39 is 30.1 Å². The fourth-order valence-electron chi connectivity index (χ4n) is 7.64. The van der Waals surface area contributed by atoms with E-state index in [0.717, 1.165) is 97.6 Å². The number of halogens is 2. The van der Waals surface area contributed by atoms with Gasteiger partial charge in [0.2, 0.25) is 0 Å². The Hall–Kier alpha value is -2.29. The number of ether oxygens (including phenoxy) is 2. The van der Waals surface area contributed by atoms with E-state index in [9.17, 15) is 20.4 Å². The molecule has 2 aromatic rings. The Kier molecular flexibility index (Phi) is 27.0. The maximum absolute atomic E-state index is 10.8. The Morgan fingerprint density at radius 2 is 1.04 bits per heavy atom. The van der Waals surface area contributed by atoms with E-state index in [4.69, 9.17) is 28.3 Å². The number of aryl methyl sites for hydroxylation is 2. The van der Waals surface area contributed by atoms with E-state index in [-0.39, 0.29) is 47.5 Å². The summed E-state index contributed by atoms with van der Waals surface area (Å²) >= 11 is -0.472. The molecule has 0 bridgehead atoms. The van der Waals surface area contributed by atoms with Crippen molar-refractivity contribution in [3.8, 4) is 23.0 Å². The van der Waals surface area contributed by atoms with Crippen LogP contribution in [0.4, 0.5) is 0 Å². The van der Waals surface area contributed by atoms with Crippen molar-refractivity contribution in [1.82, 2.24) is 0 Å². The van der Waals surface area contributed by atoms with Gasteiger partial charge in [-0.05, 0) is 126 Å². The van der Waals surface area contributed by atoms with Crippen LogP contribution >= 0.6 is 18.8 Å². The molecule has 0 aliphatic heterocycles. The first-order valence-electron chi connectivity index (χ1n) is 19.0. The normalized spacial score (nSPS) is 18.8. The zero-order valence-corrected chi connectivity index (χ0v) is 37.7. The minimum atomic E-state index is -0.472. The molecule has 0 aromatic heterocycles. The van der Waals surface area contributed by atoms with Crippen LogP contribution in [0.2, 0.25) is 0 Å². The molecule has 0 saturated heterocycles. The summed E-state index contributed by atoms with van der Waals surface area (Å²) in [5.41, 5.74) is 8.56. The van der Waals surface area contributed by atoms with Crippen LogP contribution in [0.1, 0.15) is 140 Å². The van der Waals surface area contributed by atoms with Crippen LogP contribution in [-0.4, -0.2) is 34.0 Å². The van der Waals surface area contributed by atoms with Crippen LogP contribution in [0.5, 0.6) is 23.0 Å². The summed E-state index contributed by atoms with van der Waals surface area (Å²) in [5, 5.41) is 40.2. The smallest absolute Gasteiger partial charge is 0.693 e. The number of aromatic hydroxyl groups is 2. The van der Waals surface area contributed by atoms with Crippen LogP contribution in [0, 0.1) is 11.8 Å². The number of allylic oxidation sites excluding steroid dienone is 6. The van der Waals surface area contributed by atoms with E-state index in [2.05, 4.69) is 66.9 Å². The molecule has 2 aliphatic rings. The molecule has 8 N–H and O–H groups in total. The average Bonchev–Trinajstić information content (AvgIpc) is 3.09. The number of unbranched alkanes of at least 4 members (excludes halogenated alkanes) is 4. The van der Waals surface area contributed by atoms with Crippen molar-refractivity contribution in [1.29, 1.82) is 0 Å². The monoisotopic (exact) mass is 985 g/mol. The van der Waals surface area contributed by atoms with Gasteiger partial charge in [0.1, 0.15) is 23.0 Å². The summed E-state index contributed by atoms with van der Waals surface area (Å²) in [4.78, 5) is 0. The van der Waals surface area contributed by atoms with Gasteiger partial charge in [-0.3, -0.25) is 0 Å². The van der Waals surface area contributed by atoms with Crippen molar-refractivity contribution in [2.75, 3.05) is 13.6 Å². The number of rotatable bonds is 16. The average molecular weight is 987 g/mol. The minimum absolute atomic E-state index is 0. The summed E-state index contributed by atoms with van der Waals surface area (Å²) in [6.45, 7) is 20.2. The Bertz CT molecular complexity index is 1420. The van der Waals surface area contributed by atoms with Crippen LogP contribution < -0.4 is 9.47 Å². The molecule has 0 heterocycles. The van der Waals surface area contributed by atoms with Crippen molar-refractivity contribution in [2.45, 2.75) is 130 Å². The number of aliphatic hydroxyl groups excluding tert-OH is 2. The van der Waals surface area contributed by atoms with Crippen molar-refractivity contribution in [3.05, 3.63) is 106 Å². The third-order valence-corrected chi connectivity index (χ3v) is 10.4. The number of phenols is 2. The minimum Gasteiger partial charge on any atom is -0.693 e. The third-order valence-electron chi connectivity index (χ3n) is 10.4. The fourth-order valence-corrected chi connectivity index (χ4v) is 7.64. The molecule has 4 unspecified atom stereocenters. The molecule has 0 saturated carbocycles. The molecule has 4 atom stereocenters. The summed E-state index contributed by atoms with van der Waals surface area (Å²) < 4.78 is 11.0. The fraction of sp³-hybridized carbons (Fsp3) is 0.545. The van der Waals surface area contributed by atoms with Gasteiger partial charge < -0.3 is 42.2 Å². The Labute approximate surface area is 348 Å². The maximum Gasteiger partial charge on any atom is -0.693 e. The number of hydrogen-bond donors (Lipinski definition) is 4. The van der Waals surface area contributed by atoms with Gasteiger partial charge in [0.05, 0.1) is 0 Å². The van der Waals surface area contributed by atoms with Crippen LogP contribution in [0.25, 0.3) is 12.3 Å². The number of nitrogens with two attached hydrogens (primary N) is 2. The van der Waals surface area contributed by atoms with Gasteiger partial charge in [0.15, 0.2) is 13.6 Å². The van der Waals surface area contributed by atoms with Gasteiger partial charge in [0.25, 0.3) is 0 Å². The standard InChI is InChI=1S/2C22H32O3.2ClH.2H2N.Pt/c2*1-5-6-7-8-17-12-20(24)22(21(13-17)25-14-23)19-11-16(4)9-10-18(19)15(2)3;;;;;/h2*11-13,18-19,23-24H,2,5-10,14H2,1,3-4H3;2*1H;2*1H2;/q;;;;2*-1;+4/p-2. The maximum atomic E-state index is 10.8. The van der Waals surface area contributed by atoms with E-state index in [0.29, 0.717) is 11.5 Å². The molecule has 4 rings (SSSR count). The van der Waals surface area contributed by atoms with E-state index >= 15 is 0 Å². The molecular weight excluding hydrogens is 918 g/mol. The first kappa shape index (κ1) is 52.7. The van der Waals surface area contributed by atoms with Gasteiger partial charge >= 0.3 is 35.3 Å². The second-order valence-electron chi connectivity index (χ2n) is 14.6. The summed E-state index contributed by atoms with van der Waals surface area (Å²) in [6.07, 6.45) is 17.3. The second kappa shape index (κ2) is 28.2. The van der Waals surface area contributed by atoms with Crippen molar-refractivity contribution in [3.63, 3.8) is 0 Å².